The molecule has 3 aliphatic rings. The lowest BCUT2D eigenvalue weighted by Gasteiger charge is -2.42. The third-order valence-electron chi connectivity index (χ3n) is 7.68. The van der Waals surface area contributed by atoms with Crippen LogP contribution in [0.5, 0.6) is 0 Å². The maximum atomic E-state index is 13.9. The van der Waals surface area contributed by atoms with Crippen molar-refractivity contribution in [3.05, 3.63) is 36.2 Å². The van der Waals surface area contributed by atoms with E-state index < -0.39 is 12.2 Å². The van der Waals surface area contributed by atoms with Crippen molar-refractivity contribution in [3.63, 3.8) is 0 Å². The Morgan fingerprint density at radius 2 is 1.75 bits per heavy atom. The zero-order chi connectivity index (χ0) is 25.1. The van der Waals surface area contributed by atoms with Crippen molar-refractivity contribution in [3.8, 4) is 5.82 Å². The van der Waals surface area contributed by atoms with Crippen LogP contribution in [0.4, 0.5) is 14.6 Å². The van der Waals surface area contributed by atoms with Gasteiger partial charge in [-0.15, -0.1) is 0 Å². The molecule has 36 heavy (non-hydrogen) atoms. The molecular formula is C26H31F2N5O2S. The summed E-state index contributed by atoms with van der Waals surface area (Å²) in [7, 11) is 0. The van der Waals surface area contributed by atoms with Gasteiger partial charge in [0.2, 0.25) is 0 Å². The number of thioether (sulfide) groups is 1. The topological polar surface area (TPSA) is 74.1 Å². The molecule has 1 saturated heterocycles. The third-order valence-corrected chi connectivity index (χ3v) is 8.22. The molecule has 7 nitrogen and oxygen atoms in total. The molecule has 0 bridgehead atoms. The van der Waals surface area contributed by atoms with E-state index in [9.17, 15) is 8.78 Å². The average molecular weight is 516 g/mol. The van der Waals surface area contributed by atoms with E-state index in [1.54, 1.807) is 24.3 Å². The number of alkyl halides is 2. The van der Waals surface area contributed by atoms with E-state index in [2.05, 4.69) is 34.1 Å². The van der Waals surface area contributed by atoms with Crippen LogP contribution in [0.25, 0.3) is 16.9 Å². The Bertz CT molecular complexity index is 1260. The Kier molecular flexibility index (Phi) is 5.96. The SMILES string of the molecule is CSc1nc(N[C@@H]2C[C@@H]3CC4(C[C@@H]3C2)OCC(C)(C)CO4)cc(-n2c(C(F)F)nc3ccccc32)n1. The summed E-state index contributed by atoms with van der Waals surface area (Å²) in [6, 6.07) is 9.14. The summed E-state index contributed by atoms with van der Waals surface area (Å²) in [5, 5.41) is 4.11. The molecule has 1 aromatic carbocycles. The van der Waals surface area contributed by atoms with Gasteiger partial charge in [0, 0.05) is 30.4 Å². The largest absolute Gasteiger partial charge is 0.367 e. The van der Waals surface area contributed by atoms with Gasteiger partial charge in [-0.2, -0.15) is 0 Å². The minimum absolute atomic E-state index is 0.0670. The Hall–Kier alpha value is -2.30. The summed E-state index contributed by atoms with van der Waals surface area (Å²) in [6.07, 6.45) is 3.02. The number of anilines is 1. The number of para-hydroxylation sites is 2. The normalized spacial score (nSPS) is 26.7. The predicted molar refractivity (Wildman–Crippen MR) is 135 cm³/mol. The van der Waals surface area contributed by atoms with Gasteiger partial charge in [-0.3, -0.25) is 4.57 Å². The first-order valence-corrected chi connectivity index (χ1v) is 13.7. The van der Waals surface area contributed by atoms with Crippen LogP contribution in [-0.2, 0) is 9.47 Å². The second-order valence-corrected chi connectivity index (χ2v) is 11.9. The molecule has 10 heteroatoms. The maximum Gasteiger partial charge on any atom is 0.296 e. The molecule has 192 valence electrons. The van der Waals surface area contributed by atoms with Crippen LogP contribution >= 0.6 is 11.8 Å². The number of imidazole rings is 1. The Morgan fingerprint density at radius 3 is 2.42 bits per heavy atom. The molecule has 1 aliphatic heterocycles. The third kappa shape index (κ3) is 4.37. The molecule has 3 aromatic rings. The van der Waals surface area contributed by atoms with Crippen LogP contribution in [0.2, 0.25) is 0 Å². The number of hydrogen-bond acceptors (Lipinski definition) is 7. The number of nitrogens with zero attached hydrogens (tertiary/aromatic N) is 4. The fourth-order valence-corrected chi connectivity index (χ4v) is 6.39. The lowest BCUT2D eigenvalue weighted by molar-refractivity contribution is -0.297. The second kappa shape index (κ2) is 8.92. The van der Waals surface area contributed by atoms with Crippen LogP contribution in [0.3, 0.4) is 0 Å². The van der Waals surface area contributed by atoms with Crippen LogP contribution in [-0.4, -0.2) is 50.8 Å². The highest BCUT2D eigenvalue weighted by molar-refractivity contribution is 7.98. The summed E-state index contributed by atoms with van der Waals surface area (Å²) in [4.78, 5) is 13.4. The fraction of sp³-hybridized carbons (Fsp3) is 0.577. The summed E-state index contributed by atoms with van der Waals surface area (Å²) >= 11 is 1.39. The van der Waals surface area contributed by atoms with E-state index >= 15 is 0 Å². The summed E-state index contributed by atoms with van der Waals surface area (Å²) in [5.41, 5.74) is 1.18. The summed E-state index contributed by atoms with van der Waals surface area (Å²) < 4.78 is 41.8. The van der Waals surface area contributed by atoms with Crippen LogP contribution in [0.1, 0.15) is 51.8 Å². The predicted octanol–water partition coefficient (Wildman–Crippen LogP) is 5.84. The molecule has 3 atom stereocenters. The number of halogens is 2. The molecule has 3 fully saturated rings. The molecule has 1 spiro atoms. The average Bonchev–Trinajstić information content (AvgIpc) is 3.50. The smallest absolute Gasteiger partial charge is 0.296 e. The highest BCUT2D eigenvalue weighted by Crippen LogP contribution is 2.53. The minimum atomic E-state index is -2.72. The quantitative estimate of drug-likeness (QED) is 0.338. The summed E-state index contributed by atoms with van der Waals surface area (Å²) in [6.45, 7) is 5.81. The monoisotopic (exact) mass is 515 g/mol. The van der Waals surface area contributed by atoms with Gasteiger partial charge in [0.05, 0.1) is 24.2 Å². The first-order chi connectivity index (χ1) is 17.2. The summed E-state index contributed by atoms with van der Waals surface area (Å²) in [5.74, 6) is 1.38. The number of nitrogens with one attached hydrogen (secondary N) is 1. The Balaban J connectivity index is 1.22. The van der Waals surface area contributed by atoms with Gasteiger partial charge < -0.3 is 14.8 Å². The van der Waals surface area contributed by atoms with Crippen molar-refractivity contribution in [2.45, 2.75) is 62.9 Å². The van der Waals surface area contributed by atoms with E-state index in [1.807, 2.05) is 12.3 Å². The Morgan fingerprint density at radius 1 is 1.06 bits per heavy atom. The standard InChI is InChI=1S/C26H31F2N5O2S/c1-25(2)13-34-26(35-14-25)11-15-8-17(9-16(15)12-26)29-20-10-21(32-24(31-20)36-3)33-19-7-5-4-6-18(19)30-23(33)22(27)28/h4-7,10,15-17,22H,8-9,11-14H2,1-3H3,(H,29,31,32)/t15-,16+,17-. The van der Waals surface area contributed by atoms with Gasteiger partial charge in [0.25, 0.3) is 6.43 Å². The van der Waals surface area contributed by atoms with Gasteiger partial charge in [0.15, 0.2) is 16.8 Å². The highest BCUT2D eigenvalue weighted by atomic mass is 32.2. The molecule has 2 aromatic heterocycles. The Labute approximate surface area is 213 Å². The number of aromatic nitrogens is 4. The van der Waals surface area contributed by atoms with Gasteiger partial charge in [-0.1, -0.05) is 37.7 Å². The van der Waals surface area contributed by atoms with E-state index in [-0.39, 0.29) is 17.3 Å². The lowest BCUT2D eigenvalue weighted by Crippen LogP contribution is -2.46. The molecule has 6 rings (SSSR count). The van der Waals surface area contributed by atoms with Crippen molar-refractivity contribution in [2.75, 3.05) is 24.8 Å². The maximum absolute atomic E-state index is 13.9. The fourth-order valence-electron chi connectivity index (χ4n) is 6.02. The molecule has 0 radical (unpaired) electrons. The molecule has 0 unspecified atom stereocenters. The van der Waals surface area contributed by atoms with E-state index in [4.69, 9.17) is 9.47 Å². The van der Waals surface area contributed by atoms with Crippen molar-refractivity contribution in [1.29, 1.82) is 0 Å². The van der Waals surface area contributed by atoms with E-state index in [1.165, 1.54) is 16.3 Å². The first-order valence-electron chi connectivity index (χ1n) is 12.5. The van der Waals surface area contributed by atoms with Crippen molar-refractivity contribution in [2.24, 2.45) is 17.3 Å². The van der Waals surface area contributed by atoms with Crippen LogP contribution in [0, 0.1) is 17.3 Å². The molecule has 2 saturated carbocycles. The zero-order valence-electron chi connectivity index (χ0n) is 20.7. The number of fused-ring (bicyclic) bond motifs is 2. The van der Waals surface area contributed by atoms with Crippen LogP contribution < -0.4 is 5.32 Å². The molecule has 0 amide bonds. The van der Waals surface area contributed by atoms with Gasteiger partial charge in [0.1, 0.15) is 11.6 Å². The highest BCUT2D eigenvalue weighted by Gasteiger charge is 2.53. The number of rotatable bonds is 5. The van der Waals surface area contributed by atoms with Crippen molar-refractivity contribution >= 4 is 28.6 Å². The zero-order valence-corrected chi connectivity index (χ0v) is 21.5. The minimum Gasteiger partial charge on any atom is -0.367 e. The number of benzene rings is 1. The van der Waals surface area contributed by atoms with Crippen LogP contribution in [0.15, 0.2) is 35.5 Å². The van der Waals surface area contributed by atoms with Gasteiger partial charge in [-0.25, -0.2) is 23.7 Å². The second-order valence-electron chi connectivity index (χ2n) is 11.1. The van der Waals surface area contributed by atoms with E-state index in [0.717, 1.165) is 38.9 Å². The molecule has 3 heterocycles. The van der Waals surface area contributed by atoms with E-state index in [0.29, 0.717) is 39.7 Å². The van der Waals surface area contributed by atoms with Gasteiger partial charge in [-0.05, 0) is 43.1 Å². The van der Waals surface area contributed by atoms with Gasteiger partial charge >= 0.3 is 0 Å². The molecular weight excluding hydrogens is 484 g/mol. The number of hydrogen-bond donors (Lipinski definition) is 1. The molecule has 1 N–H and O–H groups in total. The lowest BCUT2D eigenvalue weighted by atomic mass is 9.94. The van der Waals surface area contributed by atoms with Crippen molar-refractivity contribution in [1.82, 2.24) is 19.5 Å². The van der Waals surface area contributed by atoms with Crippen molar-refractivity contribution < 1.29 is 18.3 Å². The molecule has 2 aliphatic carbocycles. The number of ether oxygens (including phenoxy) is 2. The first kappa shape index (κ1) is 24.1.